The summed E-state index contributed by atoms with van der Waals surface area (Å²) in [6, 6.07) is 7.65. The standard InChI is InChI=1S/C11H8N10S2/c1-21-11(16-19-20-21)23-9-8(22-10-14-17-18-15-10)12-6-4-2-3-5-7(6)13-9/h2-5H,1H3,(H,14,15,17,18). The average molecular weight is 344 g/mol. The molecule has 0 atom stereocenters. The first-order valence-corrected chi connectivity index (χ1v) is 8.01. The number of H-pyrrole nitrogens is 1. The van der Waals surface area contributed by atoms with Gasteiger partial charge in [-0.2, -0.15) is 0 Å². The van der Waals surface area contributed by atoms with Gasteiger partial charge in [0.2, 0.25) is 10.3 Å². The van der Waals surface area contributed by atoms with E-state index in [2.05, 4.69) is 46.1 Å². The number of tetrazole rings is 2. The molecule has 114 valence electrons. The third kappa shape index (κ3) is 2.85. The Morgan fingerprint density at radius 2 is 1.70 bits per heavy atom. The summed E-state index contributed by atoms with van der Waals surface area (Å²) >= 11 is 2.63. The van der Waals surface area contributed by atoms with E-state index in [0.717, 1.165) is 11.0 Å². The molecule has 1 aromatic carbocycles. The molecule has 0 unspecified atom stereocenters. The van der Waals surface area contributed by atoms with Gasteiger partial charge in [-0.05, 0) is 56.5 Å². The summed E-state index contributed by atoms with van der Waals surface area (Å²) in [4.78, 5) is 9.31. The highest BCUT2D eigenvalue weighted by Crippen LogP contribution is 2.35. The average Bonchev–Trinajstić information content (AvgIpc) is 3.20. The van der Waals surface area contributed by atoms with Crippen LogP contribution in [0.25, 0.3) is 11.0 Å². The van der Waals surface area contributed by atoms with Gasteiger partial charge in [-0.25, -0.2) is 19.7 Å². The minimum Gasteiger partial charge on any atom is -0.236 e. The van der Waals surface area contributed by atoms with Gasteiger partial charge in [0, 0.05) is 7.05 Å². The largest absolute Gasteiger partial charge is 0.236 e. The highest BCUT2D eigenvalue weighted by molar-refractivity contribution is 8.02. The van der Waals surface area contributed by atoms with Crippen molar-refractivity contribution in [2.24, 2.45) is 7.05 Å². The van der Waals surface area contributed by atoms with E-state index in [9.17, 15) is 0 Å². The molecule has 0 aliphatic carbocycles. The number of aromatic amines is 1. The zero-order valence-electron chi connectivity index (χ0n) is 11.7. The quantitative estimate of drug-likeness (QED) is 0.572. The molecule has 23 heavy (non-hydrogen) atoms. The maximum Gasteiger partial charge on any atom is 0.215 e. The molecule has 0 aliphatic rings. The van der Waals surface area contributed by atoms with Gasteiger partial charge >= 0.3 is 0 Å². The predicted octanol–water partition coefficient (Wildman–Crippen LogP) is 0.969. The summed E-state index contributed by atoms with van der Waals surface area (Å²) in [5, 5.41) is 27.6. The molecule has 4 aromatic rings. The first-order valence-electron chi connectivity index (χ1n) is 6.38. The van der Waals surface area contributed by atoms with Crippen molar-refractivity contribution < 1.29 is 0 Å². The van der Waals surface area contributed by atoms with Crippen LogP contribution in [0.1, 0.15) is 0 Å². The van der Waals surface area contributed by atoms with Crippen LogP contribution in [0.15, 0.2) is 44.6 Å². The Hall–Kier alpha value is -2.60. The smallest absolute Gasteiger partial charge is 0.215 e. The molecule has 3 aromatic heterocycles. The molecule has 0 amide bonds. The van der Waals surface area contributed by atoms with Crippen LogP contribution in [-0.4, -0.2) is 50.8 Å². The molecule has 4 rings (SSSR count). The normalized spacial score (nSPS) is 11.2. The second-order valence-corrected chi connectivity index (χ2v) is 6.25. The van der Waals surface area contributed by atoms with E-state index in [1.807, 2.05) is 24.3 Å². The Labute approximate surface area is 137 Å². The second kappa shape index (κ2) is 5.89. The van der Waals surface area contributed by atoms with Crippen LogP contribution in [-0.2, 0) is 7.05 Å². The Morgan fingerprint density at radius 1 is 0.957 bits per heavy atom. The molecule has 0 saturated carbocycles. The van der Waals surface area contributed by atoms with E-state index >= 15 is 0 Å². The number of rotatable bonds is 4. The van der Waals surface area contributed by atoms with Crippen molar-refractivity contribution in [3.63, 3.8) is 0 Å². The maximum atomic E-state index is 4.66. The van der Waals surface area contributed by atoms with Gasteiger partial charge in [-0.15, -0.1) is 10.2 Å². The third-order valence-electron chi connectivity index (χ3n) is 2.80. The van der Waals surface area contributed by atoms with Gasteiger partial charge in [0.05, 0.1) is 11.0 Å². The zero-order valence-corrected chi connectivity index (χ0v) is 13.3. The predicted molar refractivity (Wildman–Crippen MR) is 80.8 cm³/mol. The molecule has 0 saturated heterocycles. The molecule has 3 heterocycles. The van der Waals surface area contributed by atoms with Gasteiger partial charge in [-0.3, -0.25) is 0 Å². The van der Waals surface area contributed by atoms with E-state index in [1.165, 1.54) is 23.5 Å². The van der Waals surface area contributed by atoms with Crippen molar-refractivity contribution >= 4 is 34.6 Å². The van der Waals surface area contributed by atoms with Crippen molar-refractivity contribution in [3.8, 4) is 0 Å². The molecule has 1 N–H and O–H groups in total. The fraction of sp³-hybridized carbons (Fsp3) is 0.0909. The summed E-state index contributed by atoms with van der Waals surface area (Å²) in [6.45, 7) is 0. The van der Waals surface area contributed by atoms with E-state index in [0.29, 0.717) is 20.4 Å². The summed E-state index contributed by atoms with van der Waals surface area (Å²) < 4.78 is 1.58. The van der Waals surface area contributed by atoms with Crippen LogP contribution in [0.2, 0.25) is 0 Å². The summed E-state index contributed by atoms with van der Waals surface area (Å²) in [5.74, 6) is 0. The molecule has 0 fully saturated rings. The van der Waals surface area contributed by atoms with Crippen molar-refractivity contribution in [2.45, 2.75) is 20.4 Å². The fourth-order valence-corrected chi connectivity index (χ4v) is 3.35. The van der Waals surface area contributed by atoms with Crippen molar-refractivity contribution in [1.82, 2.24) is 50.8 Å². The lowest BCUT2D eigenvalue weighted by Crippen LogP contribution is -1.96. The fourth-order valence-electron chi connectivity index (χ4n) is 1.78. The number of para-hydroxylation sites is 2. The van der Waals surface area contributed by atoms with Gasteiger partial charge in [0.25, 0.3) is 0 Å². The maximum absolute atomic E-state index is 4.66. The Kier molecular flexibility index (Phi) is 3.59. The van der Waals surface area contributed by atoms with Crippen molar-refractivity contribution in [2.75, 3.05) is 0 Å². The Bertz CT molecular complexity index is 951. The highest BCUT2D eigenvalue weighted by Gasteiger charge is 2.16. The second-order valence-electron chi connectivity index (χ2n) is 4.32. The monoisotopic (exact) mass is 344 g/mol. The SMILES string of the molecule is Cn1nnnc1Sc1nc2ccccc2nc1Sc1nnn[nH]1. The molecule has 0 aliphatic heterocycles. The van der Waals surface area contributed by atoms with Crippen LogP contribution in [0, 0.1) is 0 Å². The van der Waals surface area contributed by atoms with Crippen molar-refractivity contribution in [3.05, 3.63) is 24.3 Å². The summed E-state index contributed by atoms with van der Waals surface area (Å²) in [7, 11) is 1.77. The lowest BCUT2D eigenvalue weighted by Gasteiger charge is -2.06. The van der Waals surface area contributed by atoms with Crippen LogP contribution >= 0.6 is 23.5 Å². The van der Waals surface area contributed by atoms with Crippen molar-refractivity contribution in [1.29, 1.82) is 0 Å². The van der Waals surface area contributed by atoms with E-state index in [4.69, 9.17) is 0 Å². The molecular weight excluding hydrogens is 336 g/mol. The van der Waals surface area contributed by atoms with Crippen LogP contribution in [0.4, 0.5) is 0 Å². The number of aromatic nitrogens is 10. The van der Waals surface area contributed by atoms with Gasteiger partial charge in [0.15, 0.2) is 0 Å². The number of fused-ring (bicyclic) bond motifs is 1. The van der Waals surface area contributed by atoms with Crippen LogP contribution < -0.4 is 0 Å². The molecule has 0 bridgehead atoms. The lowest BCUT2D eigenvalue weighted by molar-refractivity contribution is 0.664. The minimum atomic E-state index is 0.535. The molecular formula is C11H8N10S2. The molecule has 0 spiro atoms. The first kappa shape index (κ1) is 14.0. The van der Waals surface area contributed by atoms with E-state index < -0.39 is 0 Å². The Balaban J connectivity index is 1.80. The number of hydrogen-bond acceptors (Lipinski definition) is 10. The van der Waals surface area contributed by atoms with E-state index in [-0.39, 0.29) is 0 Å². The lowest BCUT2D eigenvalue weighted by atomic mass is 10.3. The molecule has 12 heteroatoms. The minimum absolute atomic E-state index is 0.535. The number of aryl methyl sites for hydroxylation is 1. The van der Waals surface area contributed by atoms with Crippen LogP contribution in [0.3, 0.4) is 0 Å². The number of nitrogens with one attached hydrogen (secondary N) is 1. The number of nitrogens with zero attached hydrogens (tertiary/aromatic N) is 9. The molecule has 10 nitrogen and oxygen atoms in total. The third-order valence-corrected chi connectivity index (χ3v) is 4.78. The van der Waals surface area contributed by atoms with Crippen LogP contribution in [0.5, 0.6) is 0 Å². The van der Waals surface area contributed by atoms with E-state index in [1.54, 1.807) is 11.7 Å². The van der Waals surface area contributed by atoms with Gasteiger partial charge in [0.1, 0.15) is 10.1 Å². The number of hydrogen-bond donors (Lipinski definition) is 1. The summed E-state index contributed by atoms with van der Waals surface area (Å²) in [6.07, 6.45) is 0. The number of benzene rings is 1. The Morgan fingerprint density at radius 3 is 2.30 bits per heavy atom. The van der Waals surface area contributed by atoms with Gasteiger partial charge < -0.3 is 0 Å². The zero-order chi connectivity index (χ0) is 15.6. The first-order chi connectivity index (χ1) is 11.3. The highest BCUT2D eigenvalue weighted by atomic mass is 32.2. The topological polar surface area (TPSA) is 124 Å². The molecule has 0 radical (unpaired) electrons. The summed E-state index contributed by atoms with van der Waals surface area (Å²) in [5.41, 5.74) is 1.59. The van der Waals surface area contributed by atoms with Gasteiger partial charge in [-0.1, -0.05) is 12.1 Å².